The molecule has 7 N–H and O–H groups in total. The van der Waals surface area contributed by atoms with Gasteiger partial charge < -0.3 is 21.7 Å². The number of guanidine groups is 1. The molecule has 7 nitrogen and oxygen atoms in total. The highest BCUT2D eigenvalue weighted by Gasteiger charge is 2.34. The third-order valence-corrected chi connectivity index (χ3v) is 2.09. The number of carbonyl (C=O) groups is 2. The lowest BCUT2D eigenvalue weighted by Gasteiger charge is -2.18. The average Bonchev–Trinajstić information content (AvgIpc) is 2.01. The summed E-state index contributed by atoms with van der Waals surface area (Å²) in [7, 11) is 0. The standard InChI is InChI=1S/C6H10O4S.CH5N3/c1-2-6(11,5(9)10)3-4(7)8;2-1(3)4/h11H,2-3H2,1H3,(H,7,8)(H,9,10);(H5,2,3,4). The van der Waals surface area contributed by atoms with Gasteiger partial charge in [-0.3, -0.25) is 15.0 Å². The Morgan fingerprint density at radius 1 is 1.40 bits per heavy atom. The van der Waals surface area contributed by atoms with Crippen molar-refractivity contribution in [2.45, 2.75) is 24.5 Å². The van der Waals surface area contributed by atoms with E-state index in [1.807, 2.05) is 0 Å². The first kappa shape index (κ1) is 16.0. The number of hydrogen-bond acceptors (Lipinski definition) is 4. The van der Waals surface area contributed by atoms with Crippen LogP contribution >= 0.6 is 12.6 Å². The molecule has 0 aromatic heterocycles. The monoisotopic (exact) mass is 237 g/mol. The smallest absolute Gasteiger partial charge is 0.320 e. The van der Waals surface area contributed by atoms with Gasteiger partial charge in [-0.05, 0) is 6.42 Å². The highest BCUT2D eigenvalue weighted by atomic mass is 32.1. The van der Waals surface area contributed by atoms with Crippen molar-refractivity contribution in [3.63, 3.8) is 0 Å². The SMILES string of the molecule is CCC(S)(CC(=O)O)C(=O)O.N=C(N)N. The molecule has 0 saturated heterocycles. The number of carboxylic acids is 2. The van der Waals surface area contributed by atoms with Crippen molar-refractivity contribution in [2.24, 2.45) is 11.5 Å². The Labute approximate surface area is 92.4 Å². The molecule has 0 aromatic rings. The molecule has 1 atom stereocenters. The van der Waals surface area contributed by atoms with Gasteiger partial charge in [0.15, 0.2) is 5.96 Å². The van der Waals surface area contributed by atoms with Crippen molar-refractivity contribution < 1.29 is 19.8 Å². The predicted octanol–water partition coefficient (Wildman–Crippen LogP) is -0.537. The molecule has 0 spiro atoms. The minimum atomic E-state index is -1.42. The van der Waals surface area contributed by atoms with Gasteiger partial charge in [-0.1, -0.05) is 6.92 Å². The fourth-order valence-corrected chi connectivity index (χ4v) is 0.737. The lowest BCUT2D eigenvalue weighted by Crippen LogP contribution is -2.34. The van der Waals surface area contributed by atoms with Crippen LogP contribution in [-0.2, 0) is 9.59 Å². The molecule has 0 aliphatic rings. The molecule has 1 unspecified atom stereocenters. The van der Waals surface area contributed by atoms with Crippen LogP contribution in [0.5, 0.6) is 0 Å². The molecule has 0 heterocycles. The van der Waals surface area contributed by atoms with E-state index in [0.29, 0.717) is 0 Å². The number of carboxylic acid groups (broad SMARTS) is 2. The summed E-state index contributed by atoms with van der Waals surface area (Å²) in [6, 6.07) is 0. The fourth-order valence-electron chi connectivity index (χ4n) is 0.602. The number of nitrogens with one attached hydrogen (secondary N) is 1. The Balaban J connectivity index is 0. The van der Waals surface area contributed by atoms with Crippen molar-refractivity contribution in [2.75, 3.05) is 0 Å². The maximum Gasteiger partial charge on any atom is 0.320 e. The van der Waals surface area contributed by atoms with E-state index in [9.17, 15) is 9.59 Å². The number of nitrogens with two attached hydrogens (primary N) is 2. The van der Waals surface area contributed by atoms with Gasteiger partial charge in [0.1, 0.15) is 4.75 Å². The minimum Gasteiger partial charge on any atom is -0.481 e. The largest absolute Gasteiger partial charge is 0.481 e. The van der Waals surface area contributed by atoms with Crippen LogP contribution in [0, 0.1) is 5.41 Å². The first-order chi connectivity index (χ1) is 6.65. The fraction of sp³-hybridized carbons (Fsp3) is 0.571. The van der Waals surface area contributed by atoms with Crippen molar-refractivity contribution in [1.29, 1.82) is 5.41 Å². The number of hydrogen-bond donors (Lipinski definition) is 6. The zero-order valence-corrected chi connectivity index (χ0v) is 9.12. The second-order valence-corrected chi connectivity index (χ2v) is 3.57. The third kappa shape index (κ3) is 8.88. The zero-order chi connectivity index (χ0) is 12.6. The van der Waals surface area contributed by atoms with E-state index in [4.69, 9.17) is 15.6 Å². The predicted molar refractivity (Wildman–Crippen MR) is 58.0 cm³/mol. The van der Waals surface area contributed by atoms with Crippen LogP contribution in [0.2, 0.25) is 0 Å². The summed E-state index contributed by atoms with van der Waals surface area (Å²) in [6.45, 7) is 1.59. The summed E-state index contributed by atoms with van der Waals surface area (Å²) in [6.07, 6.45) is -0.264. The normalized spacial score (nSPS) is 12.9. The molecule has 0 bridgehead atoms. The second kappa shape index (κ2) is 6.93. The average molecular weight is 237 g/mol. The summed E-state index contributed by atoms with van der Waals surface area (Å²) < 4.78 is -1.42. The van der Waals surface area contributed by atoms with Crippen molar-refractivity contribution in [3.8, 4) is 0 Å². The first-order valence-corrected chi connectivity index (χ1v) is 4.37. The van der Waals surface area contributed by atoms with Crippen LogP contribution in [0.3, 0.4) is 0 Å². The molecule has 0 aliphatic heterocycles. The first-order valence-electron chi connectivity index (χ1n) is 3.92. The third-order valence-electron chi connectivity index (χ3n) is 1.43. The van der Waals surface area contributed by atoms with E-state index in [0.717, 1.165) is 0 Å². The Morgan fingerprint density at radius 3 is 1.80 bits per heavy atom. The van der Waals surface area contributed by atoms with Crippen LogP contribution < -0.4 is 11.5 Å². The van der Waals surface area contributed by atoms with Gasteiger partial charge in [-0.15, -0.1) is 0 Å². The quantitative estimate of drug-likeness (QED) is 0.219. The molecule has 0 aliphatic carbocycles. The Kier molecular flexibility index (Phi) is 7.40. The molecule has 0 amide bonds. The van der Waals surface area contributed by atoms with Crippen LogP contribution in [0.15, 0.2) is 0 Å². The lowest BCUT2D eigenvalue weighted by molar-refractivity contribution is -0.146. The maximum absolute atomic E-state index is 10.4. The highest BCUT2D eigenvalue weighted by molar-refractivity contribution is 7.82. The van der Waals surface area contributed by atoms with Crippen LogP contribution in [0.1, 0.15) is 19.8 Å². The minimum absolute atomic E-state index is 0.192. The van der Waals surface area contributed by atoms with E-state index in [1.165, 1.54) is 0 Å². The van der Waals surface area contributed by atoms with E-state index < -0.39 is 23.1 Å². The second-order valence-electron chi connectivity index (χ2n) is 2.72. The van der Waals surface area contributed by atoms with E-state index >= 15 is 0 Å². The van der Waals surface area contributed by atoms with Crippen molar-refractivity contribution in [1.82, 2.24) is 0 Å². The molecule has 0 fully saturated rings. The zero-order valence-electron chi connectivity index (χ0n) is 8.23. The molecule has 8 heteroatoms. The number of thiol groups is 1. The molecule has 0 radical (unpaired) electrons. The van der Waals surface area contributed by atoms with Gasteiger partial charge in [-0.25, -0.2) is 0 Å². The van der Waals surface area contributed by atoms with E-state index in [-0.39, 0.29) is 12.4 Å². The summed E-state index contributed by atoms with van der Waals surface area (Å²) >= 11 is 3.77. The van der Waals surface area contributed by atoms with Gasteiger partial charge in [0.05, 0.1) is 6.42 Å². The van der Waals surface area contributed by atoms with Crippen molar-refractivity contribution in [3.05, 3.63) is 0 Å². The Bertz CT molecular complexity index is 255. The van der Waals surface area contributed by atoms with Gasteiger partial charge in [0, 0.05) is 0 Å². The van der Waals surface area contributed by atoms with Gasteiger partial charge in [0.2, 0.25) is 0 Å². The molecule has 0 aromatic carbocycles. The van der Waals surface area contributed by atoms with Crippen LogP contribution in [0.4, 0.5) is 0 Å². The molecular weight excluding hydrogens is 222 g/mol. The van der Waals surface area contributed by atoms with Gasteiger partial charge >= 0.3 is 11.9 Å². The van der Waals surface area contributed by atoms with E-state index in [1.54, 1.807) is 6.92 Å². The lowest BCUT2D eigenvalue weighted by atomic mass is 10.0. The topological polar surface area (TPSA) is 150 Å². The molecule has 0 rings (SSSR count). The highest BCUT2D eigenvalue weighted by Crippen LogP contribution is 2.23. The summed E-state index contributed by atoms with van der Waals surface area (Å²) in [5.41, 5.74) is 8.94. The molecular formula is C7H15N3O4S. The van der Waals surface area contributed by atoms with Crippen molar-refractivity contribution >= 4 is 30.5 Å². The van der Waals surface area contributed by atoms with Gasteiger partial charge in [0.25, 0.3) is 0 Å². The number of aliphatic carboxylic acids is 2. The van der Waals surface area contributed by atoms with Gasteiger partial charge in [-0.2, -0.15) is 12.6 Å². The van der Waals surface area contributed by atoms with Crippen LogP contribution in [-0.4, -0.2) is 32.9 Å². The maximum atomic E-state index is 10.4. The molecule has 88 valence electrons. The molecule has 15 heavy (non-hydrogen) atoms. The summed E-state index contributed by atoms with van der Waals surface area (Å²) in [4.78, 5) is 20.6. The Hall–Kier alpha value is -1.44. The van der Waals surface area contributed by atoms with E-state index in [2.05, 4.69) is 24.1 Å². The summed E-state index contributed by atoms with van der Waals surface area (Å²) in [5.74, 6) is -2.67. The number of rotatable bonds is 4. The molecule has 0 saturated carbocycles. The van der Waals surface area contributed by atoms with Crippen LogP contribution in [0.25, 0.3) is 0 Å². The summed E-state index contributed by atoms with van der Waals surface area (Å²) in [5, 5.41) is 22.9. The Morgan fingerprint density at radius 2 is 1.73 bits per heavy atom.